The van der Waals surface area contributed by atoms with Gasteiger partial charge in [0, 0.05) is 44.6 Å². The van der Waals surface area contributed by atoms with Crippen molar-refractivity contribution in [1.82, 2.24) is 4.98 Å². The average Bonchev–Trinajstić information content (AvgIpc) is 2.87. The Bertz CT molecular complexity index is 1010. The van der Waals surface area contributed by atoms with Gasteiger partial charge in [-0.1, -0.05) is 16.7 Å². The van der Waals surface area contributed by atoms with Crippen molar-refractivity contribution in [2.24, 2.45) is 0 Å². The normalized spacial score (nSPS) is 20.2. The average molecular weight is 530 g/mol. The number of Topliss-reactive ketones (excluding diaryl/α,β-unsaturated/α-hetero) is 1. The number of carbonyl (C=O) groups excluding carboxylic acids is 1. The maximum absolute atomic E-state index is 15.1. The summed E-state index contributed by atoms with van der Waals surface area (Å²) in [6.45, 7) is 1.20. The fourth-order valence-corrected chi connectivity index (χ4v) is 7.37. The Morgan fingerprint density at radius 2 is 1.80 bits per heavy atom. The molecule has 13 heteroatoms. The molecule has 0 radical (unpaired) electrons. The summed E-state index contributed by atoms with van der Waals surface area (Å²) in [6.07, 6.45) is 2.86. The largest absolute Gasteiger partial charge is 0.577 e. The lowest BCUT2D eigenvalue weighted by atomic mass is 10.0. The molecular formula is C22H29FN2O8P2+2. The van der Waals surface area contributed by atoms with Crippen molar-refractivity contribution in [2.45, 2.75) is 25.1 Å². The molecule has 2 fully saturated rings. The number of hydrogen-bond donors (Lipinski definition) is 2. The van der Waals surface area contributed by atoms with Gasteiger partial charge in [-0.05, 0) is 24.3 Å². The van der Waals surface area contributed by atoms with Crippen molar-refractivity contribution < 1.29 is 41.6 Å². The monoisotopic (exact) mass is 530 g/mol. The van der Waals surface area contributed by atoms with Crippen molar-refractivity contribution >= 4 is 27.7 Å². The molecule has 1 unspecified atom stereocenters. The number of anilines is 1. The summed E-state index contributed by atoms with van der Waals surface area (Å²) in [5.41, 5.74) is 0.0324. The van der Waals surface area contributed by atoms with Gasteiger partial charge in [0.2, 0.25) is 0 Å². The number of halogens is 1. The Morgan fingerprint density at radius 3 is 2.43 bits per heavy atom. The standard InChI is InChI=1S/C22H29FN2O8P2/c1-25(21-6-2-3-10-24-21)11-9-20(26)18-8-7-17(16-19(18)23)22(34(27)29-12-4-13-30-34)33-35(28)31-14-5-15-32-35/h2-3,6-8,10,16,22,27-28H,4-5,9,11-15H2,1H3/q+2. The van der Waals surface area contributed by atoms with Crippen molar-refractivity contribution in [3.63, 3.8) is 0 Å². The smallest absolute Gasteiger partial charge is 0.359 e. The van der Waals surface area contributed by atoms with E-state index in [2.05, 4.69) is 4.98 Å². The van der Waals surface area contributed by atoms with E-state index in [-0.39, 0.29) is 44.0 Å². The highest BCUT2D eigenvalue weighted by molar-refractivity contribution is 7.62. The van der Waals surface area contributed by atoms with E-state index in [9.17, 15) is 14.6 Å². The Morgan fingerprint density at radius 1 is 1.11 bits per heavy atom. The highest BCUT2D eigenvalue weighted by Crippen LogP contribution is 2.76. The minimum atomic E-state index is -3.78. The van der Waals surface area contributed by atoms with Crippen LogP contribution in [-0.4, -0.2) is 60.6 Å². The molecule has 2 saturated heterocycles. The van der Waals surface area contributed by atoms with Crippen LogP contribution in [0, 0.1) is 5.82 Å². The van der Waals surface area contributed by atoms with Crippen molar-refractivity contribution in [1.29, 1.82) is 0 Å². The van der Waals surface area contributed by atoms with Crippen LogP contribution in [0.25, 0.3) is 0 Å². The van der Waals surface area contributed by atoms with E-state index in [1.165, 1.54) is 12.1 Å². The highest BCUT2D eigenvalue weighted by atomic mass is 31.2. The van der Waals surface area contributed by atoms with Crippen LogP contribution < -0.4 is 4.90 Å². The number of nitrogens with zero attached hydrogens (tertiary/aromatic N) is 2. The first-order valence-corrected chi connectivity index (χ1v) is 14.4. The van der Waals surface area contributed by atoms with E-state index in [0.29, 0.717) is 25.2 Å². The van der Waals surface area contributed by atoms with Crippen LogP contribution in [0.15, 0.2) is 42.6 Å². The van der Waals surface area contributed by atoms with Gasteiger partial charge in [-0.15, -0.1) is 0 Å². The van der Waals surface area contributed by atoms with E-state index in [1.54, 1.807) is 24.2 Å². The number of rotatable bonds is 9. The summed E-state index contributed by atoms with van der Waals surface area (Å²) in [5, 5.41) is 0. The SMILES string of the molecule is CN(CCC(=O)c1ccc(C(O[P+]2(O)OCCCO2)[P+]2(O)OCCCO2)cc1F)c1ccccn1. The second kappa shape index (κ2) is 11.6. The first-order valence-electron chi connectivity index (χ1n) is 11.2. The van der Waals surface area contributed by atoms with Gasteiger partial charge in [0.1, 0.15) is 24.8 Å². The molecule has 3 heterocycles. The predicted octanol–water partition coefficient (Wildman–Crippen LogP) is 4.24. The first-order chi connectivity index (χ1) is 16.8. The summed E-state index contributed by atoms with van der Waals surface area (Å²) in [5.74, 6) is -1.86. The third-order valence-electron chi connectivity index (χ3n) is 5.46. The zero-order chi connectivity index (χ0) is 24.9. The lowest BCUT2D eigenvalue weighted by molar-refractivity contribution is 0.0184. The van der Waals surface area contributed by atoms with Gasteiger partial charge in [-0.3, -0.25) is 4.79 Å². The predicted molar refractivity (Wildman–Crippen MR) is 128 cm³/mol. The Balaban J connectivity index is 1.51. The second-order valence-electron chi connectivity index (χ2n) is 8.05. The molecule has 0 bridgehead atoms. The molecule has 0 spiro atoms. The van der Waals surface area contributed by atoms with Crippen LogP contribution in [0.3, 0.4) is 0 Å². The number of ketones is 1. The molecule has 0 saturated carbocycles. The minimum absolute atomic E-state index is 0.0688. The third kappa shape index (κ3) is 6.57. The van der Waals surface area contributed by atoms with Crippen LogP contribution in [0.5, 0.6) is 0 Å². The van der Waals surface area contributed by atoms with Gasteiger partial charge in [0.25, 0.3) is 0 Å². The molecule has 1 aromatic heterocycles. The number of hydrogen-bond acceptors (Lipinski definition) is 10. The summed E-state index contributed by atoms with van der Waals surface area (Å²) < 4.78 is 42.4. The lowest BCUT2D eigenvalue weighted by Crippen LogP contribution is -2.24. The molecular weight excluding hydrogens is 501 g/mol. The molecule has 2 aliphatic rings. The minimum Gasteiger partial charge on any atom is -0.359 e. The van der Waals surface area contributed by atoms with Crippen LogP contribution in [0.2, 0.25) is 0 Å². The molecule has 1 aromatic carbocycles. The first kappa shape index (κ1) is 26.4. The van der Waals surface area contributed by atoms with Crippen LogP contribution >= 0.6 is 16.1 Å². The Labute approximate surface area is 204 Å². The molecule has 10 nitrogen and oxygen atoms in total. The Kier molecular flexibility index (Phi) is 8.76. The van der Waals surface area contributed by atoms with Gasteiger partial charge >= 0.3 is 22.0 Å². The molecule has 0 amide bonds. The lowest BCUT2D eigenvalue weighted by Gasteiger charge is -2.28. The zero-order valence-electron chi connectivity index (χ0n) is 19.3. The third-order valence-corrected chi connectivity index (χ3v) is 9.22. The van der Waals surface area contributed by atoms with Crippen molar-refractivity contribution in [3.05, 3.63) is 59.5 Å². The van der Waals surface area contributed by atoms with Gasteiger partial charge in [0.05, 0.1) is 18.8 Å². The van der Waals surface area contributed by atoms with E-state index in [1.807, 2.05) is 12.1 Å². The summed E-state index contributed by atoms with van der Waals surface area (Å²) >= 11 is 0. The van der Waals surface area contributed by atoms with E-state index in [0.717, 1.165) is 6.07 Å². The topological polar surface area (TPSA) is 120 Å². The number of aromatic nitrogens is 1. The van der Waals surface area contributed by atoms with Gasteiger partial charge < -0.3 is 4.90 Å². The van der Waals surface area contributed by atoms with Crippen molar-refractivity contribution in [2.75, 3.05) is 44.9 Å². The number of carbonyl (C=O) groups is 1. The summed E-state index contributed by atoms with van der Waals surface area (Å²) in [6, 6.07) is 9.31. The summed E-state index contributed by atoms with van der Waals surface area (Å²) in [7, 11) is -5.69. The molecule has 4 rings (SSSR count). The molecule has 2 aromatic rings. The number of pyridine rings is 1. The maximum Gasteiger partial charge on any atom is 0.577 e. The van der Waals surface area contributed by atoms with E-state index >= 15 is 4.39 Å². The van der Waals surface area contributed by atoms with Crippen LogP contribution in [0.1, 0.15) is 41.0 Å². The number of benzene rings is 1. The van der Waals surface area contributed by atoms with Crippen LogP contribution in [-0.2, 0) is 22.6 Å². The van der Waals surface area contributed by atoms with Gasteiger partial charge in [-0.25, -0.2) is 9.37 Å². The molecule has 2 aliphatic heterocycles. The molecule has 2 N–H and O–H groups in total. The van der Waals surface area contributed by atoms with Gasteiger partial charge in [0.15, 0.2) is 5.78 Å². The summed E-state index contributed by atoms with van der Waals surface area (Å²) in [4.78, 5) is 40.5. The second-order valence-corrected chi connectivity index (χ2v) is 11.8. The Hall–Kier alpha value is -1.65. The highest BCUT2D eigenvalue weighted by Gasteiger charge is 2.63. The molecule has 190 valence electrons. The van der Waals surface area contributed by atoms with Gasteiger partial charge in [-0.2, -0.15) is 27.9 Å². The fourth-order valence-electron chi connectivity index (χ4n) is 3.58. The van der Waals surface area contributed by atoms with Crippen molar-refractivity contribution in [3.8, 4) is 0 Å². The van der Waals surface area contributed by atoms with Crippen LogP contribution in [0.4, 0.5) is 10.2 Å². The van der Waals surface area contributed by atoms with E-state index in [4.69, 9.17) is 22.6 Å². The quantitative estimate of drug-likeness (QED) is 0.360. The molecule has 1 atom stereocenters. The fraction of sp³-hybridized carbons (Fsp3) is 0.455. The zero-order valence-corrected chi connectivity index (χ0v) is 21.1. The molecule has 35 heavy (non-hydrogen) atoms. The maximum atomic E-state index is 15.1. The van der Waals surface area contributed by atoms with E-state index < -0.39 is 33.6 Å². The molecule has 0 aliphatic carbocycles.